The third kappa shape index (κ3) is 3.05. The van der Waals surface area contributed by atoms with Crippen LogP contribution < -0.4 is 4.72 Å². The second-order valence-corrected chi connectivity index (χ2v) is 6.89. The van der Waals surface area contributed by atoms with E-state index < -0.39 is 10.0 Å². The fourth-order valence-corrected chi connectivity index (χ4v) is 3.32. The monoisotopic (exact) mass is 298 g/mol. The van der Waals surface area contributed by atoms with Gasteiger partial charge < -0.3 is 0 Å². The molecule has 0 spiro atoms. The van der Waals surface area contributed by atoms with E-state index in [1.54, 1.807) is 37.4 Å². The van der Waals surface area contributed by atoms with Crippen LogP contribution in [0.1, 0.15) is 12.5 Å². The van der Waals surface area contributed by atoms with Crippen LogP contribution in [0.2, 0.25) is 0 Å². The van der Waals surface area contributed by atoms with E-state index in [0.717, 1.165) is 5.56 Å². The maximum atomic E-state index is 12.3. The molecule has 1 N–H and O–H groups in total. The Morgan fingerprint density at radius 1 is 1.37 bits per heavy atom. The molecule has 0 saturated heterocycles. The lowest BCUT2D eigenvalue weighted by Crippen LogP contribution is -2.28. The van der Waals surface area contributed by atoms with E-state index in [0.29, 0.717) is 10.9 Å². The minimum absolute atomic E-state index is 0.194. The zero-order valence-electron chi connectivity index (χ0n) is 10.7. The van der Waals surface area contributed by atoms with Crippen molar-refractivity contribution in [3.05, 3.63) is 36.0 Å². The highest BCUT2D eigenvalue weighted by atomic mass is 35.5. The van der Waals surface area contributed by atoms with Crippen LogP contribution in [0, 0.1) is 6.92 Å². The van der Waals surface area contributed by atoms with E-state index in [9.17, 15) is 8.42 Å². The Kier molecular flexibility index (Phi) is 4.08. The van der Waals surface area contributed by atoms with E-state index in [1.807, 2.05) is 6.92 Å². The van der Waals surface area contributed by atoms with Gasteiger partial charge in [-0.3, -0.25) is 4.98 Å². The number of aryl methyl sites for hydroxylation is 1. The van der Waals surface area contributed by atoms with Gasteiger partial charge in [0, 0.05) is 23.5 Å². The highest BCUT2D eigenvalue weighted by molar-refractivity contribution is 7.89. The number of alkyl halides is 1. The van der Waals surface area contributed by atoms with Crippen LogP contribution in [0.5, 0.6) is 0 Å². The van der Waals surface area contributed by atoms with E-state index in [2.05, 4.69) is 9.71 Å². The zero-order chi connectivity index (χ0) is 14.0. The van der Waals surface area contributed by atoms with E-state index in [-0.39, 0.29) is 16.8 Å². The van der Waals surface area contributed by atoms with Crippen molar-refractivity contribution in [2.45, 2.75) is 24.1 Å². The van der Waals surface area contributed by atoms with E-state index in [1.165, 1.54) is 0 Å². The summed E-state index contributed by atoms with van der Waals surface area (Å²) in [6.07, 6.45) is 1.65. The Balaban J connectivity index is 2.54. The summed E-state index contributed by atoms with van der Waals surface area (Å²) in [4.78, 5) is 4.47. The number of sulfonamides is 1. The summed E-state index contributed by atoms with van der Waals surface area (Å²) in [6.45, 7) is 3.83. The van der Waals surface area contributed by atoms with Crippen molar-refractivity contribution in [3.8, 4) is 0 Å². The molecule has 1 heterocycles. The predicted octanol–water partition coefficient (Wildman–Crippen LogP) is 2.45. The van der Waals surface area contributed by atoms with Crippen LogP contribution in [0.3, 0.4) is 0 Å². The van der Waals surface area contributed by atoms with Gasteiger partial charge in [0.1, 0.15) is 0 Å². The molecule has 1 aromatic heterocycles. The Labute approximate surface area is 117 Å². The van der Waals surface area contributed by atoms with Crippen LogP contribution in [0.25, 0.3) is 10.9 Å². The number of halogens is 1. The number of hydrogen-bond acceptors (Lipinski definition) is 3. The van der Waals surface area contributed by atoms with Gasteiger partial charge in [0.25, 0.3) is 0 Å². The van der Waals surface area contributed by atoms with Crippen molar-refractivity contribution in [2.24, 2.45) is 0 Å². The quantitative estimate of drug-likeness (QED) is 0.882. The maximum absolute atomic E-state index is 12.3. The molecule has 0 bridgehead atoms. The average molecular weight is 299 g/mol. The van der Waals surface area contributed by atoms with Gasteiger partial charge in [0.15, 0.2) is 0 Å². The smallest absolute Gasteiger partial charge is 0.241 e. The molecule has 0 radical (unpaired) electrons. The Hall–Kier alpha value is -1.17. The van der Waals surface area contributed by atoms with Crippen molar-refractivity contribution in [1.29, 1.82) is 0 Å². The Morgan fingerprint density at radius 3 is 2.79 bits per heavy atom. The first-order valence-electron chi connectivity index (χ1n) is 5.90. The van der Waals surface area contributed by atoms with Gasteiger partial charge in [0.2, 0.25) is 10.0 Å². The van der Waals surface area contributed by atoms with Gasteiger partial charge in [-0.25, -0.2) is 13.1 Å². The molecule has 0 aliphatic carbocycles. The third-order valence-corrected chi connectivity index (χ3v) is 4.41. The highest BCUT2D eigenvalue weighted by Crippen LogP contribution is 2.23. The molecule has 6 heteroatoms. The standard InChI is InChI=1S/C13H15ClN2O2S/c1-9-5-6-12(11-4-3-7-15-13(9)11)19(17,18)16-8-10(2)14/h3-7,10,16H,8H2,1-2H3. The summed E-state index contributed by atoms with van der Waals surface area (Å²) in [5.74, 6) is 0. The predicted molar refractivity (Wildman–Crippen MR) is 77.0 cm³/mol. The van der Waals surface area contributed by atoms with Crippen LogP contribution in [0.15, 0.2) is 35.4 Å². The second kappa shape index (κ2) is 5.45. The van der Waals surface area contributed by atoms with Crippen molar-refractivity contribution in [2.75, 3.05) is 6.54 Å². The molecule has 4 nitrogen and oxygen atoms in total. The number of rotatable bonds is 4. The van der Waals surface area contributed by atoms with Crippen LogP contribution >= 0.6 is 11.6 Å². The zero-order valence-corrected chi connectivity index (χ0v) is 12.3. The lowest BCUT2D eigenvalue weighted by atomic mass is 10.1. The van der Waals surface area contributed by atoms with Crippen molar-refractivity contribution < 1.29 is 8.42 Å². The summed E-state index contributed by atoms with van der Waals surface area (Å²) in [7, 11) is -3.57. The van der Waals surface area contributed by atoms with Gasteiger partial charge in [-0.05, 0) is 37.6 Å². The molecule has 19 heavy (non-hydrogen) atoms. The van der Waals surface area contributed by atoms with Gasteiger partial charge in [0.05, 0.1) is 10.4 Å². The first-order chi connectivity index (χ1) is 8.92. The largest absolute Gasteiger partial charge is 0.256 e. The van der Waals surface area contributed by atoms with Gasteiger partial charge in [-0.15, -0.1) is 11.6 Å². The molecule has 1 atom stereocenters. The van der Waals surface area contributed by atoms with Crippen LogP contribution in [-0.2, 0) is 10.0 Å². The van der Waals surface area contributed by atoms with Crippen molar-refractivity contribution >= 4 is 32.5 Å². The van der Waals surface area contributed by atoms with Gasteiger partial charge >= 0.3 is 0 Å². The molecule has 0 aliphatic heterocycles. The summed E-state index contributed by atoms with van der Waals surface area (Å²) in [5.41, 5.74) is 1.64. The average Bonchev–Trinajstić information content (AvgIpc) is 2.37. The molecule has 0 saturated carbocycles. The second-order valence-electron chi connectivity index (χ2n) is 4.41. The fraction of sp³-hybridized carbons (Fsp3) is 0.308. The van der Waals surface area contributed by atoms with Gasteiger partial charge in [-0.2, -0.15) is 0 Å². The minimum Gasteiger partial charge on any atom is -0.256 e. The topological polar surface area (TPSA) is 59.1 Å². The number of hydrogen-bond donors (Lipinski definition) is 1. The number of nitrogens with one attached hydrogen (secondary N) is 1. The molecule has 1 aromatic carbocycles. The molecule has 1 unspecified atom stereocenters. The Bertz CT molecular complexity index is 699. The third-order valence-electron chi connectivity index (χ3n) is 2.78. The number of fused-ring (bicyclic) bond motifs is 1. The molecule has 0 fully saturated rings. The lowest BCUT2D eigenvalue weighted by Gasteiger charge is -2.11. The van der Waals surface area contributed by atoms with Crippen LogP contribution in [0.4, 0.5) is 0 Å². The van der Waals surface area contributed by atoms with Gasteiger partial charge in [-0.1, -0.05) is 6.07 Å². The SMILES string of the molecule is Cc1ccc(S(=O)(=O)NCC(C)Cl)c2cccnc12. The summed E-state index contributed by atoms with van der Waals surface area (Å²) in [5, 5.41) is 0.363. The maximum Gasteiger partial charge on any atom is 0.241 e. The number of aromatic nitrogens is 1. The van der Waals surface area contributed by atoms with Crippen LogP contribution in [-0.4, -0.2) is 25.3 Å². The summed E-state index contributed by atoms with van der Waals surface area (Å²) in [6, 6.07) is 6.84. The van der Waals surface area contributed by atoms with E-state index >= 15 is 0 Å². The molecular weight excluding hydrogens is 284 g/mol. The molecule has 0 amide bonds. The molecule has 0 aliphatic rings. The lowest BCUT2D eigenvalue weighted by molar-refractivity contribution is 0.582. The molecular formula is C13H15ClN2O2S. The Morgan fingerprint density at radius 2 is 2.11 bits per heavy atom. The first kappa shape index (κ1) is 14.2. The molecule has 2 rings (SSSR count). The molecule has 2 aromatic rings. The number of benzene rings is 1. The van der Waals surface area contributed by atoms with Crippen molar-refractivity contribution in [3.63, 3.8) is 0 Å². The minimum atomic E-state index is -3.57. The molecule has 102 valence electrons. The summed E-state index contributed by atoms with van der Waals surface area (Å²) < 4.78 is 27.0. The van der Waals surface area contributed by atoms with E-state index in [4.69, 9.17) is 11.6 Å². The van der Waals surface area contributed by atoms with Crippen molar-refractivity contribution in [1.82, 2.24) is 9.71 Å². The highest BCUT2D eigenvalue weighted by Gasteiger charge is 2.18. The normalized spacial score (nSPS) is 13.6. The number of pyridine rings is 1. The number of nitrogens with zero attached hydrogens (tertiary/aromatic N) is 1. The summed E-state index contributed by atoms with van der Waals surface area (Å²) >= 11 is 5.78. The first-order valence-corrected chi connectivity index (χ1v) is 7.82. The fourth-order valence-electron chi connectivity index (χ4n) is 1.82.